The van der Waals surface area contributed by atoms with E-state index in [0.717, 1.165) is 22.3 Å². The highest BCUT2D eigenvalue weighted by atomic mass is 19.4. The van der Waals surface area contributed by atoms with Gasteiger partial charge in [-0.2, -0.15) is 0 Å². The van der Waals surface area contributed by atoms with Crippen LogP contribution >= 0.6 is 0 Å². The zero-order valence-corrected chi connectivity index (χ0v) is 21.8. The van der Waals surface area contributed by atoms with Crippen LogP contribution in [0.15, 0.2) is 59.7 Å². The van der Waals surface area contributed by atoms with Gasteiger partial charge in [-0.1, -0.05) is 65.3 Å². The molecule has 11 heteroatoms. The van der Waals surface area contributed by atoms with Gasteiger partial charge >= 0.3 is 13.1 Å². The Morgan fingerprint density at radius 3 is 2.15 bits per heavy atom. The van der Waals surface area contributed by atoms with Crippen LogP contribution in [0, 0.1) is 13.8 Å². The summed E-state index contributed by atoms with van der Waals surface area (Å²) in [6, 6.07) is 17.5. The molecule has 0 N–H and O–H groups in total. The third-order valence-electron chi connectivity index (χ3n) is 7.81. The molecule has 1 aliphatic carbocycles. The maximum atomic E-state index is 13.7. The SMILES string of the molecule is Cc1c(CN2CCN(C(=O)OCC3c4ccccc4-c4ccccc43)CC2)cc([B-](F)(F)F)c(C)c1N=[N+]=[N-]. The summed E-state index contributed by atoms with van der Waals surface area (Å²) in [6.07, 6.45) is -0.393. The van der Waals surface area contributed by atoms with Crippen LogP contribution in [0.25, 0.3) is 21.6 Å². The lowest BCUT2D eigenvalue weighted by Crippen LogP contribution is -2.48. The van der Waals surface area contributed by atoms with Crippen molar-refractivity contribution in [1.82, 2.24) is 9.80 Å². The Bertz CT molecular complexity index is 1420. The van der Waals surface area contributed by atoms with Gasteiger partial charge in [0.1, 0.15) is 6.61 Å². The van der Waals surface area contributed by atoms with Crippen LogP contribution in [0.2, 0.25) is 0 Å². The van der Waals surface area contributed by atoms with Crippen LogP contribution in [0.5, 0.6) is 0 Å². The molecule has 1 amide bonds. The summed E-state index contributed by atoms with van der Waals surface area (Å²) in [7, 11) is 0. The molecule has 1 fully saturated rings. The van der Waals surface area contributed by atoms with E-state index in [1.54, 1.807) is 11.8 Å². The minimum atomic E-state index is -5.26. The highest BCUT2D eigenvalue weighted by Gasteiger charge is 2.32. The predicted octanol–water partition coefficient (Wildman–Crippen LogP) is 6.37. The van der Waals surface area contributed by atoms with Crippen molar-refractivity contribution >= 4 is 24.2 Å². The van der Waals surface area contributed by atoms with Gasteiger partial charge in [0.2, 0.25) is 0 Å². The van der Waals surface area contributed by atoms with Gasteiger partial charge in [-0.25, -0.2) is 4.79 Å². The normalized spacial score (nSPS) is 15.5. The number of carbonyl (C=O) groups is 1. The summed E-state index contributed by atoms with van der Waals surface area (Å²) in [5.74, 6) is -0.0261. The van der Waals surface area contributed by atoms with Crippen LogP contribution in [0.1, 0.15) is 33.7 Å². The van der Waals surface area contributed by atoms with Crippen molar-refractivity contribution in [3.63, 3.8) is 0 Å². The molecule has 5 rings (SSSR count). The lowest BCUT2D eigenvalue weighted by Gasteiger charge is -2.35. The largest absolute Gasteiger partial charge is 0.509 e. The molecular weight excluding hydrogens is 506 g/mol. The summed E-state index contributed by atoms with van der Waals surface area (Å²) >= 11 is 0. The average molecular weight is 534 g/mol. The lowest BCUT2D eigenvalue weighted by molar-refractivity contribution is 0.0728. The maximum absolute atomic E-state index is 13.7. The fraction of sp³-hybridized carbons (Fsp3) is 0.321. The number of rotatable bonds is 6. The molecule has 0 radical (unpaired) electrons. The van der Waals surface area contributed by atoms with E-state index in [1.165, 1.54) is 13.0 Å². The van der Waals surface area contributed by atoms with E-state index in [-0.39, 0.29) is 30.3 Å². The first kappa shape index (κ1) is 26.7. The smallest absolute Gasteiger partial charge is 0.448 e. The first-order valence-electron chi connectivity index (χ1n) is 12.9. The van der Waals surface area contributed by atoms with Crippen molar-refractivity contribution in [3.05, 3.63) is 92.9 Å². The third kappa shape index (κ3) is 5.20. The van der Waals surface area contributed by atoms with E-state index >= 15 is 0 Å². The van der Waals surface area contributed by atoms with Gasteiger partial charge in [-0.3, -0.25) is 4.90 Å². The summed E-state index contributed by atoms with van der Waals surface area (Å²) in [4.78, 5) is 19.3. The average Bonchev–Trinajstić information content (AvgIpc) is 3.24. The second-order valence-electron chi connectivity index (χ2n) is 10.1. The molecule has 3 aromatic carbocycles. The molecule has 0 spiro atoms. The number of hydrogen-bond acceptors (Lipinski definition) is 4. The molecule has 0 bridgehead atoms. The summed E-state index contributed by atoms with van der Waals surface area (Å²) in [5, 5.41) is 3.55. The number of nitrogens with zero attached hydrogens (tertiary/aromatic N) is 5. The van der Waals surface area contributed by atoms with E-state index in [2.05, 4.69) is 34.3 Å². The number of piperazine rings is 1. The molecule has 0 atom stereocenters. The van der Waals surface area contributed by atoms with Gasteiger partial charge in [0.25, 0.3) is 0 Å². The van der Waals surface area contributed by atoms with Crippen molar-refractivity contribution in [2.24, 2.45) is 5.11 Å². The molecule has 202 valence electrons. The van der Waals surface area contributed by atoms with Gasteiger partial charge < -0.3 is 22.6 Å². The van der Waals surface area contributed by atoms with E-state index in [1.807, 2.05) is 29.2 Å². The first-order valence-corrected chi connectivity index (χ1v) is 12.9. The van der Waals surface area contributed by atoms with E-state index in [9.17, 15) is 17.7 Å². The number of ether oxygens (including phenoxy) is 1. The lowest BCUT2D eigenvalue weighted by atomic mass is 9.75. The standard InChI is InChI=1S/C28H28BF3N5O2/c1-18-20(15-26(29(30,31)32)19(2)27(18)34-35-33)16-36-11-13-37(14-12-36)28(38)39-17-25-23-9-5-3-7-21(23)22-8-4-6-10-24(22)25/h3-10,15,25H,11-14,16-17H2,1-2H3/q-1. The Balaban J connectivity index is 1.22. The second-order valence-corrected chi connectivity index (χ2v) is 10.1. The molecule has 1 aliphatic heterocycles. The molecule has 2 aliphatic rings. The highest BCUT2D eigenvalue weighted by molar-refractivity contribution is 6.74. The fourth-order valence-electron chi connectivity index (χ4n) is 5.69. The topological polar surface area (TPSA) is 81.5 Å². The molecule has 7 nitrogen and oxygen atoms in total. The second kappa shape index (κ2) is 10.7. The van der Waals surface area contributed by atoms with Crippen molar-refractivity contribution < 1.29 is 22.5 Å². The van der Waals surface area contributed by atoms with Crippen LogP contribution in [0.4, 0.5) is 23.4 Å². The van der Waals surface area contributed by atoms with Crippen molar-refractivity contribution in [2.45, 2.75) is 26.3 Å². The van der Waals surface area contributed by atoms with Crippen molar-refractivity contribution in [1.29, 1.82) is 0 Å². The molecular formula is C28H28BF3N5O2-. The summed E-state index contributed by atoms with van der Waals surface area (Å²) in [5.41, 5.74) is 13.7. The maximum Gasteiger partial charge on any atom is 0.509 e. The first-order chi connectivity index (χ1) is 18.7. The van der Waals surface area contributed by atoms with Gasteiger partial charge in [-0.15, -0.1) is 5.46 Å². The van der Waals surface area contributed by atoms with Crippen molar-refractivity contribution in [2.75, 3.05) is 32.8 Å². The zero-order chi connectivity index (χ0) is 27.7. The molecule has 1 heterocycles. The third-order valence-corrected chi connectivity index (χ3v) is 7.81. The Morgan fingerprint density at radius 2 is 1.59 bits per heavy atom. The van der Waals surface area contributed by atoms with Crippen LogP contribution in [-0.4, -0.2) is 55.7 Å². The number of azide groups is 1. The molecule has 0 saturated carbocycles. The summed E-state index contributed by atoms with van der Waals surface area (Å²) in [6.45, 7) is 0.0212. The number of fused-ring (bicyclic) bond motifs is 3. The monoisotopic (exact) mass is 534 g/mol. The van der Waals surface area contributed by atoms with E-state index in [4.69, 9.17) is 10.3 Å². The Hall–Kier alpha value is -3.95. The van der Waals surface area contributed by atoms with Crippen LogP contribution in [-0.2, 0) is 11.3 Å². The van der Waals surface area contributed by atoms with Crippen LogP contribution in [0.3, 0.4) is 0 Å². The zero-order valence-electron chi connectivity index (χ0n) is 21.8. The quantitative estimate of drug-likeness (QED) is 0.160. The van der Waals surface area contributed by atoms with Gasteiger partial charge in [0, 0.05) is 49.2 Å². The Kier molecular flexibility index (Phi) is 7.29. The molecule has 1 saturated heterocycles. The number of benzene rings is 3. The number of carbonyl (C=O) groups excluding carboxylic acids is 1. The molecule has 39 heavy (non-hydrogen) atoms. The Labute approximate surface area is 224 Å². The van der Waals surface area contributed by atoms with Crippen LogP contribution < -0.4 is 5.46 Å². The molecule has 3 aromatic rings. The van der Waals surface area contributed by atoms with E-state index < -0.39 is 18.5 Å². The van der Waals surface area contributed by atoms with Gasteiger partial charge in [-0.05, 0) is 52.8 Å². The fourth-order valence-corrected chi connectivity index (χ4v) is 5.69. The van der Waals surface area contributed by atoms with Crippen molar-refractivity contribution in [3.8, 4) is 11.1 Å². The number of hydrogen-bond donors (Lipinski definition) is 0. The molecule has 0 aromatic heterocycles. The Morgan fingerprint density at radius 1 is 1.00 bits per heavy atom. The predicted molar refractivity (Wildman–Crippen MR) is 145 cm³/mol. The molecule has 0 unspecified atom stereocenters. The van der Waals surface area contributed by atoms with Gasteiger partial charge in [0.15, 0.2) is 0 Å². The number of halogens is 3. The van der Waals surface area contributed by atoms with Gasteiger partial charge in [0.05, 0.1) is 0 Å². The highest BCUT2D eigenvalue weighted by Crippen LogP contribution is 2.44. The minimum Gasteiger partial charge on any atom is -0.448 e. The minimum absolute atomic E-state index is 0.0261. The number of amides is 1. The summed E-state index contributed by atoms with van der Waals surface area (Å²) < 4.78 is 46.9. The van der Waals surface area contributed by atoms with E-state index in [0.29, 0.717) is 37.3 Å².